The summed E-state index contributed by atoms with van der Waals surface area (Å²) < 4.78 is 16.0. The van der Waals surface area contributed by atoms with Gasteiger partial charge in [0.25, 0.3) is 7.41 Å². The number of fused-ring (bicyclic) bond motifs is 1. The van der Waals surface area contributed by atoms with Crippen LogP contribution in [0, 0.1) is 9.52 Å². The first kappa shape index (κ1) is 13.0. The standard InChI is InChI=1S/C12H11BFIN3O/c14-8-1-2-11-10(5-8)12(15)16-18(11)9-3-4-17(6-9)13-7-19/h1-2,5,7,9H,3-4,6H2/t9-/m1/s1. The van der Waals surface area contributed by atoms with Crippen LogP contribution in [0.4, 0.5) is 4.39 Å². The maximum absolute atomic E-state index is 13.3. The highest BCUT2D eigenvalue weighted by Crippen LogP contribution is 2.28. The lowest BCUT2D eigenvalue weighted by Gasteiger charge is -2.13. The van der Waals surface area contributed by atoms with E-state index < -0.39 is 0 Å². The van der Waals surface area contributed by atoms with Gasteiger partial charge >= 0.3 is 0 Å². The molecule has 0 saturated carbocycles. The SMILES string of the molecule is O=C[B]N1CC[C@@H](n2nc(I)c3cc(F)ccc32)C1. The second kappa shape index (κ2) is 5.20. The van der Waals surface area contributed by atoms with Crippen LogP contribution in [-0.2, 0) is 4.79 Å². The van der Waals surface area contributed by atoms with E-state index >= 15 is 0 Å². The second-order valence-electron chi connectivity index (χ2n) is 4.62. The summed E-state index contributed by atoms with van der Waals surface area (Å²) in [5.74, 6) is -0.243. The number of halogens is 2. The lowest BCUT2D eigenvalue weighted by molar-refractivity contribution is 0.464. The van der Waals surface area contributed by atoms with Crippen molar-refractivity contribution in [1.29, 1.82) is 0 Å². The molecule has 1 fully saturated rings. The number of hydrogen-bond donors (Lipinski definition) is 0. The van der Waals surface area contributed by atoms with Gasteiger partial charge in [-0.1, -0.05) is 0 Å². The highest BCUT2D eigenvalue weighted by molar-refractivity contribution is 14.1. The summed E-state index contributed by atoms with van der Waals surface area (Å²) in [7, 11) is 1.57. The van der Waals surface area contributed by atoms with Crippen LogP contribution in [0.15, 0.2) is 18.2 Å². The van der Waals surface area contributed by atoms with E-state index in [1.165, 1.54) is 12.1 Å². The smallest absolute Gasteiger partial charge is 0.293 e. The average molecular weight is 370 g/mol. The molecule has 7 heteroatoms. The summed E-state index contributed by atoms with van der Waals surface area (Å²) in [5, 5.41) is 5.36. The lowest BCUT2D eigenvalue weighted by atomic mass is 9.96. The number of carbonyl (C=O) groups is 1. The van der Waals surface area contributed by atoms with Gasteiger partial charge in [-0.3, -0.25) is 4.68 Å². The fourth-order valence-electron chi connectivity index (χ4n) is 2.54. The van der Waals surface area contributed by atoms with Crippen LogP contribution >= 0.6 is 22.6 Å². The van der Waals surface area contributed by atoms with Gasteiger partial charge < -0.3 is 9.61 Å². The molecule has 97 valence electrons. The molecule has 0 spiro atoms. The Kier molecular flexibility index (Phi) is 3.57. The minimum absolute atomic E-state index is 0.229. The van der Waals surface area contributed by atoms with Gasteiger partial charge in [0.1, 0.15) is 9.52 Å². The molecule has 3 rings (SSSR count). The molecule has 0 aliphatic carbocycles. The van der Waals surface area contributed by atoms with Gasteiger partial charge in [-0.25, -0.2) is 4.39 Å². The van der Waals surface area contributed by atoms with Crippen molar-refractivity contribution in [3.8, 4) is 0 Å². The van der Waals surface area contributed by atoms with Gasteiger partial charge in [-0.2, -0.15) is 5.10 Å². The van der Waals surface area contributed by atoms with Crippen LogP contribution in [0.25, 0.3) is 10.9 Å². The molecule has 0 bridgehead atoms. The zero-order valence-electron chi connectivity index (χ0n) is 10.1. The van der Waals surface area contributed by atoms with Gasteiger partial charge in [-0.15, -0.1) is 0 Å². The van der Waals surface area contributed by atoms with E-state index in [2.05, 4.69) is 27.7 Å². The Balaban J connectivity index is 1.95. The summed E-state index contributed by atoms with van der Waals surface area (Å²) in [6, 6.07) is 4.98. The number of nitrogens with zero attached hydrogens (tertiary/aromatic N) is 3. The largest absolute Gasteiger partial charge is 0.338 e. The predicted octanol–water partition coefficient (Wildman–Crippen LogP) is 1.84. The number of rotatable bonds is 3. The first-order valence-electron chi connectivity index (χ1n) is 6.05. The molecular formula is C12H11BFIN3O. The monoisotopic (exact) mass is 370 g/mol. The first-order valence-corrected chi connectivity index (χ1v) is 7.13. The van der Waals surface area contributed by atoms with E-state index in [1.807, 2.05) is 9.49 Å². The molecule has 2 aromatic rings. The Labute approximate surface area is 124 Å². The molecular weight excluding hydrogens is 359 g/mol. The first-order chi connectivity index (χ1) is 9.19. The summed E-state index contributed by atoms with van der Waals surface area (Å²) in [4.78, 5) is 12.5. The van der Waals surface area contributed by atoms with Crippen LogP contribution in [0.3, 0.4) is 0 Å². The van der Waals surface area contributed by atoms with Crippen molar-refractivity contribution in [2.75, 3.05) is 13.1 Å². The normalized spacial score (nSPS) is 20.0. The molecule has 2 heterocycles. The van der Waals surface area contributed by atoms with Gasteiger partial charge in [-0.05, 0) is 53.8 Å². The van der Waals surface area contributed by atoms with Crippen LogP contribution < -0.4 is 0 Å². The average Bonchev–Trinajstić information content (AvgIpc) is 2.96. The minimum Gasteiger partial charge on any atom is -0.338 e. The summed E-state index contributed by atoms with van der Waals surface area (Å²) in [6.45, 7) is 1.62. The van der Waals surface area contributed by atoms with Crippen molar-refractivity contribution in [3.05, 3.63) is 27.7 Å². The molecule has 0 amide bonds. The molecule has 1 saturated heterocycles. The molecule has 0 unspecified atom stereocenters. The maximum Gasteiger partial charge on any atom is 0.293 e. The number of aromatic nitrogens is 2. The molecule has 4 nitrogen and oxygen atoms in total. The molecule has 1 radical (unpaired) electrons. The fourth-order valence-corrected chi connectivity index (χ4v) is 3.21. The summed E-state index contributed by atoms with van der Waals surface area (Å²) in [6.07, 6.45) is 1.75. The Hall–Kier alpha value is -0.955. The van der Waals surface area contributed by atoms with Gasteiger partial charge in [0.05, 0.1) is 17.7 Å². The van der Waals surface area contributed by atoms with E-state index in [0.717, 1.165) is 40.3 Å². The van der Waals surface area contributed by atoms with E-state index in [0.29, 0.717) is 0 Å². The van der Waals surface area contributed by atoms with Crippen LogP contribution in [0.1, 0.15) is 12.5 Å². The van der Waals surface area contributed by atoms with Crippen molar-refractivity contribution < 1.29 is 9.18 Å². The molecule has 1 aliphatic rings. The highest BCUT2D eigenvalue weighted by atomic mass is 127. The third-order valence-electron chi connectivity index (χ3n) is 3.44. The van der Waals surface area contributed by atoms with E-state index in [1.54, 1.807) is 13.5 Å². The maximum atomic E-state index is 13.3. The van der Waals surface area contributed by atoms with Gasteiger partial charge in [0.2, 0.25) is 0 Å². The predicted molar refractivity (Wildman–Crippen MR) is 80.1 cm³/mol. The van der Waals surface area contributed by atoms with Crippen molar-refractivity contribution >= 4 is 47.1 Å². The molecule has 1 aromatic heterocycles. The molecule has 1 aliphatic heterocycles. The Morgan fingerprint density at radius 2 is 2.37 bits per heavy atom. The fraction of sp³-hybridized carbons (Fsp3) is 0.333. The van der Waals surface area contributed by atoms with Crippen LogP contribution in [0.5, 0.6) is 0 Å². The molecule has 19 heavy (non-hydrogen) atoms. The molecule has 1 atom stereocenters. The van der Waals surface area contributed by atoms with Crippen molar-refractivity contribution in [1.82, 2.24) is 14.6 Å². The number of hydrogen-bond acceptors (Lipinski definition) is 3. The van der Waals surface area contributed by atoms with Crippen molar-refractivity contribution in [2.24, 2.45) is 0 Å². The minimum atomic E-state index is -0.243. The number of benzene rings is 1. The zero-order chi connectivity index (χ0) is 13.4. The Bertz CT molecular complexity index is 633. The van der Waals surface area contributed by atoms with Gasteiger partial charge in [0.15, 0.2) is 0 Å². The molecule has 0 N–H and O–H groups in total. The molecule has 1 aromatic carbocycles. The summed E-state index contributed by atoms with van der Waals surface area (Å²) >= 11 is 2.13. The van der Waals surface area contributed by atoms with Crippen LogP contribution in [0.2, 0.25) is 0 Å². The Morgan fingerprint density at radius 3 is 3.16 bits per heavy atom. The van der Waals surface area contributed by atoms with E-state index in [4.69, 9.17) is 0 Å². The third kappa shape index (κ3) is 2.41. The van der Waals surface area contributed by atoms with Gasteiger partial charge in [0, 0.05) is 11.9 Å². The lowest BCUT2D eigenvalue weighted by Crippen LogP contribution is -2.27. The van der Waals surface area contributed by atoms with E-state index in [9.17, 15) is 9.18 Å². The topological polar surface area (TPSA) is 38.1 Å². The summed E-state index contributed by atoms with van der Waals surface area (Å²) in [5.41, 5.74) is 0.948. The quantitative estimate of drug-likeness (QED) is 0.470. The number of carbonyl (C=O) groups excluding carboxylic acids is 1. The zero-order valence-corrected chi connectivity index (χ0v) is 12.2. The Morgan fingerprint density at radius 1 is 1.53 bits per heavy atom. The highest BCUT2D eigenvalue weighted by Gasteiger charge is 2.26. The third-order valence-corrected chi connectivity index (χ3v) is 4.23. The van der Waals surface area contributed by atoms with Crippen LogP contribution in [-0.4, -0.2) is 41.3 Å². The van der Waals surface area contributed by atoms with E-state index in [-0.39, 0.29) is 11.9 Å². The second-order valence-corrected chi connectivity index (χ2v) is 5.64. The van der Waals surface area contributed by atoms with Crippen molar-refractivity contribution in [2.45, 2.75) is 12.5 Å². The van der Waals surface area contributed by atoms with Crippen molar-refractivity contribution in [3.63, 3.8) is 0 Å².